The van der Waals surface area contributed by atoms with E-state index in [9.17, 15) is 9.59 Å². The van der Waals surface area contributed by atoms with Crippen LogP contribution in [0.1, 0.15) is 18.6 Å². The van der Waals surface area contributed by atoms with Gasteiger partial charge in [-0.1, -0.05) is 12.2 Å². The number of imide groups is 1. The molecule has 0 N–H and O–H groups in total. The molecule has 2 heterocycles. The lowest BCUT2D eigenvalue weighted by molar-refractivity contribution is -0.141. The van der Waals surface area contributed by atoms with Gasteiger partial charge in [0, 0.05) is 0 Å². The van der Waals surface area contributed by atoms with Crippen molar-refractivity contribution >= 4 is 18.0 Å². The van der Waals surface area contributed by atoms with E-state index in [-0.39, 0.29) is 40.9 Å². The molecule has 5 heteroatoms. The van der Waals surface area contributed by atoms with Crippen molar-refractivity contribution in [2.24, 2.45) is 34.2 Å². The molecule has 106 valence electrons. The second kappa shape index (κ2) is 3.53. The molecule has 1 saturated heterocycles. The molecule has 21 heavy (non-hydrogen) atoms. The normalized spacial score (nSPS) is 38.2. The molecule has 0 unspecified atom stereocenters. The van der Waals surface area contributed by atoms with Gasteiger partial charge in [-0.2, -0.15) is 10.1 Å². The summed E-state index contributed by atoms with van der Waals surface area (Å²) >= 11 is 0. The Balaban J connectivity index is 1.48. The summed E-state index contributed by atoms with van der Waals surface area (Å²) in [5.74, 6) is 0.354. The highest BCUT2D eigenvalue weighted by Gasteiger charge is 2.73. The summed E-state index contributed by atoms with van der Waals surface area (Å²) in [6.07, 6.45) is 9.58. The van der Waals surface area contributed by atoms with Crippen LogP contribution >= 0.6 is 0 Å². The zero-order valence-electron chi connectivity index (χ0n) is 11.3. The SMILES string of the molecule is O=C1[C@@H]2[C@H](C(=O)N1/N=C\c1ccco1)[C@H]1C=C[C@@H]2C12CC2. The molecule has 4 atom stereocenters. The Kier molecular flexibility index (Phi) is 1.93. The van der Waals surface area contributed by atoms with Crippen molar-refractivity contribution < 1.29 is 14.0 Å². The van der Waals surface area contributed by atoms with Gasteiger partial charge in [0.15, 0.2) is 0 Å². The van der Waals surface area contributed by atoms with Crippen LogP contribution in [0, 0.1) is 29.1 Å². The van der Waals surface area contributed by atoms with Crippen LogP contribution in [0.4, 0.5) is 0 Å². The monoisotopic (exact) mass is 282 g/mol. The lowest BCUT2D eigenvalue weighted by Crippen LogP contribution is -2.30. The van der Waals surface area contributed by atoms with Gasteiger partial charge >= 0.3 is 0 Å². The summed E-state index contributed by atoms with van der Waals surface area (Å²) < 4.78 is 5.14. The lowest BCUT2D eigenvalue weighted by atomic mass is 9.85. The Morgan fingerprint density at radius 3 is 2.38 bits per heavy atom. The maximum atomic E-state index is 12.6. The Labute approximate surface area is 121 Å². The molecule has 5 rings (SSSR count). The van der Waals surface area contributed by atoms with Crippen LogP contribution in [0.25, 0.3) is 0 Å². The van der Waals surface area contributed by atoms with Crippen molar-refractivity contribution in [3.05, 3.63) is 36.3 Å². The summed E-state index contributed by atoms with van der Waals surface area (Å²) in [5, 5.41) is 5.12. The zero-order chi connectivity index (χ0) is 14.2. The summed E-state index contributed by atoms with van der Waals surface area (Å²) in [6, 6.07) is 3.48. The fraction of sp³-hybridized carbons (Fsp3) is 0.438. The highest BCUT2D eigenvalue weighted by molar-refractivity contribution is 6.07. The van der Waals surface area contributed by atoms with Crippen molar-refractivity contribution in [2.75, 3.05) is 0 Å². The van der Waals surface area contributed by atoms with Crippen LogP contribution in [-0.2, 0) is 9.59 Å². The van der Waals surface area contributed by atoms with Crippen LogP contribution < -0.4 is 0 Å². The summed E-state index contributed by atoms with van der Waals surface area (Å²) in [4.78, 5) is 25.2. The zero-order valence-corrected chi connectivity index (χ0v) is 11.3. The summed E-state index contributed by atoms with van der Waals surface area (Å²) in [6.45, 7) is 0. The van der Waals surface area contributed by atoms with Crippen LogP contribution in [0.5, 0.6) is 0 Å². The van der Waals surface area contributed by atoms with E-state index < -0.39 is 0 Å². The minimum absolute atomic E-state index is 0.143. The lowest BCUT2D eigenvalue weighted by Gasteiger charge is -2.18. The standard InChI is InChI=1S/C16H14N2O3/c19-14-12-10-3-4-11(16(10)5-6-16)13(12)15(20)18(14)17-8-9-2-1-7-21-9/h1-4,7-8,10-13H,5-6H2/b17-8-/t10-,11+,12-,13+. The molecule has 3 fully saturated rings. The van der Waals surface area contributed by atoms with Crippen molar-refractivity contribution in [1.82, 2.24) is 5.01 Å². The third-order valence-corrected chi connectivity index (χ3v) is 5.67. The summed E-state index contributed by atoms with van der Waals surface area (Å²) in [7, 11) is 0. The van der Waals surface area contributed by atoms with E-state index in [1.54, 1.807) is 12.1 Å². The molecule has 2 bridgehead atoms. The molecule has 2 saturated carbocycles. The van der Waals surface area contributed by atoms with Crippen LogP contribution in [0.3, 0.4) is 0 Å². The number of nitrogens with zero attached hydrogens (tertiary/aromatic N) is 2. The van der Waals surface area contributed by atoms with Gasteiger partial charge < -0.3 is 4.42 Å². The molecule has 3 aliphatic carbocycles. The first-order valence-electron chi connectivity index (χ1n) is 7.36. The average molecular weight is 282 g/mol. The third kappa shape index (κ3) is 1.25. The van der Waals surface area contributed by atoms with Crippen LogP contribution in [-0.4, -0.2) is 23.0 Å². The maximum Gasteiger partial charge on any atom is 0.254 e. The number of hydrazone groups is 1. The number of amides is 2. The molecule has 4 aliphatic rings. The fourth-order valence-corrected chi connectivity index (χ4v) is 4.66. The fourth-order valence-electron chi connectivity index (χ4n) is 4.66. The quantitative estimate of drug-likeness (QED) is 0.472. The van der Waals surface area contributed by atoms with Gasteiger partial charge in [-0.25, -0.2) is 0 Å². The van der Waals surface area contributed by atoms with Crippen LogP contribution in [0.2, 0.25) is 0 Å². The first kappa shape index (κ1) is 11.5. The van der Waals surface area contributed by atoms with E-state index in [1.807, 2.05) is 0 Å². The average Bonchev–Trinajstić information content (AvgIpc) is 2.77. The van der Waals surface area contributed by atoms with Crippen molar-refractivity contribution in [2.45, 2.75) is 12.8 Å². The van der Waals surface area contributed by atoms with E-state index in [0.717, 1.165) is 17.9 Å². The highest BCUT2D eigenvalue weighted by Crippen LogP contribution is 2.73. The number of hydrogen-bond donors (Lipinski definition) is 0. The van der Waals surface area contributed by atoms with Crippen LogP contribution in [0.15, 0.2) is 40.1 Å². The molecule has 2 amide bonds. The highest BCUT2D eigenvalue weighted by atomic mass is 16.3. The van der Waals surface area contributed by atoms with Gasteiger partial charge in [0.25, 0.3) is 11.8 Å². The van der Waals surface area contributed by atoms with Crippen molar-refractivity contribution in [3.63, 3.8) is 0 Å². The van der Waals surface area contributed by atoms with Gasteiger partial charge in [0.05, 0.1) is 24.3 Å². The van der Waals surface area contributed by atoms with E-state index >= 15 is 0 Å². The first-order chi connectivity index (χ1) is 10.2. The molecule has 1 aromatic heterocycles. The molecule has 1 aliphatic heterocycles. The number of hydrogen-bond acceptors (Lipinski definition) is 4. The Bertz CT molecular complexity index is 665. The second-order valence-electron chi connectivity index (χ2n) is 6.47. The largest absolute Gasteiger partial charge is 0.463 e. The number of carbonyl (C=O) groups excluding carboxylic acids is 2. The topological polar surface area (TPSA) is 62.9 Å². The second-order valence-corrected chi connectivity index (χ2v) is 6.47. The molecule has 1 aromatic rings. The summed E-state index contributed by atoms with van der Waals surface area (Å²) in [5.41, 5.74) is 0.234. The minimum Gasteiger partial charge on any atom is -0.463 e. The van der Waals surface area contributed by atoms with Gasteiger partial charge in [0.2, 0.25) is 0 Å². The third-order valence-electron chi connectivity index (χ3n) is 5.67. The number of carbonyl (C=O) groups is 2. The van der Waals surface area contributed by atoms with Crippen molar-refractivity contribution in [1.29, 1.82) is 0 Å². The molecule has 0 radical (unpaired) electrons. The molecule has 0 aromatic carbocycles. The Morgan fingerprint density at radius 1 is 1.19 bits per heavy atom. The van der Waals surface area contributed by atoms with Gasteiger partial charge in [-0.05, 0) is 42.2 Å². The smallest absolute Gasteiger partial charge is 0.254 e. The number of rotatable bonds is 2. The molecular weight excluding hydrogens is 268 g/mol. The van der Waals surface area contributed by atoms with Gasteiger partial charge in [-0.15, -0.1) is 0 Å². The number of fused-ring (bicyclic) bond motifs is 3. The predicted molar refractivity (Wildman–Crippen MR) is 72.9 cm³/mol. The first-order valence-corrected chi connectivity index (χ1v) is 7.36. The van der Waals surface area contributed by atoms with E-state index in [2.05, 4.69) is 17.3 Å². The van der Waals surface area contributed by atoms with Gasteiger partial charge in [-0.3, -0.25) is 9.59 Å². The predicted octanol–water partition coefficient (Wildman–Crippen LogP) is 1.81. The molecular formula is C16H14N2O3. The van der Waals surface area contributed by atoms with E-state index in [4.69, 9.17) is 4.42 Å². The van der Waals surface area contributed by atoms with E-state index in [1.165, 1.54) is 12.5 Å². The Morgan fingerprint density at radius 2 is 1.86 bits per heavy atom. The number of allylic oxidation sites excluding steroid dienone is 2. The van der Waals surface area contributed by atoms with E-state index in [0.29, 0.717) is 5.76 Å². The number of furan rings is 1. The molecule has 5 nitrogen and oxygen atoms in total. The minimum atomic E-state index is -0.191. The van der Waals surface area contributed by atoms with Crippen molar-refractivity contribution in [3.8, 4) is 0 Å². The maximum absolute atomic E-state index is 12.6. The Hall–Kier alpha value is -2.17. The van der Waals surface area contributed by atoms with Gasteiger partial charge in [0.1, 0.15) is 5.76 Å². The molecule has 1 spiro atoms.